The Bertz CT molecular complexity index is 519. The number of likely N-dealkylation sites (N-methyl/N-ethyl adjacent to an activating group) is 1. The zero-order valence-electron chi connectivity index (χ0n) is 12.1. The number of rotatable bonds is 5. The number of hydrogen-bond acceptors (Lipinski definition) is 2. The summed E-state index contributed by atoms with van der Waals surface area (Å²) in [7, 11) is 2.05. The van der Waals surface area contributed by atoms with Crippen LogP contribution >= 0.6 is 28.6 Å². The number of nitrogens with zero attached hydrogens (tertiary/aromatic N) is 1. The van der Waals surface area contributed by atoms with Crippen LogP contribution in [0.2, 0.25) is 0 Å². The Balaban J connectivity index is 2.30. The third kappa shape index (κ3) is 3.32. The van der Waals surface area contributed by atoms with Crippen molar-refractivity contribution < 1.29 is 0 Å². The van der Waals surface area contributed by atoms with E-state index in [0.29, 0.717) is 11.8 Å². The molecule has 0 aliphatic heterocycles. The molecular formula is C17H22BrNS. The highest BCUT2D eigenvalue weighted by atomic mass is 79.9. The van der Waals surface area contributed by atoms with Gasteiger partial charge in [-0.05, 0) is 43.4 Å². The first kappa shape index (κ1) is 15.7. The lowest BCUT2D eigenvalue weighted by atomic mass is 9.71. The summed E-state index contributed by atoms with van der Waals surface area (Å²) in [6.07, 6.45) is 5.93. The topological polar surface area (TPSA) is 3.24 Å². The lowest BCUT2D eigenvalue weighted by Gasteiger charge is -2.38. The normalized spacial score (nSPS) is 17.5. The minimum atomic E-state index is 0.383. The molecule has 1 aliphatic carbocycles. The molecular weight excluding hydrogens is 330 g/mol. The lowest BCUT2D eigenvalue weighted by Crippen LogP contribution is -2.28. The molecule has 0 spiro atoms. The van der Waals surface area contributed by atoms with Crippen molar-refractivity contribution in [3.63, 3.8) is 0 Å². The number of allylic oxidation sites excluding steroid dienone is 2. The molecule has 0 heterocycles. The maximum absolute atomic E-state index is 4.52. The molecule has 1 aromatic carbocycles. The van der Waals surface area contributed by atoms with Gasteiger partial charge in [-0.25, -0.2) is 0 Å². The van der Waals surface area contributed by atoms with Gasteiger partial charge in [-0.15, -0.1) is 12.6 Å². The van der Waals surface area contributed by atoms with E-state index in [1.54, 1.807) is 0 Å². The Morgan fingerprint density at radius 1 is 1.50 bits per heavy atom. The average Bonchev–Trinajstić information content (AvgIpc) is 2.40. The van der Waals surface area contributed by atoms with E-state index in [1.807, 2.05) is 20.0 Å². The number of thiol groups is 1. The average molecular weight is 352 g/mol. The quantitative estimate of drug-likeness (QED) is 0.678. The second kappa shape index (κ2) is 6.86. The van der Waals surface area contributed by atoms with Crippen LogP contribution in [0, 0.1) is 5.92 Å². The van der Waals surface area contributed by atoms with E-state index < -0.39 is 0 Å². The Kier molecular flexibility index (Phi) is 5.39. The monoisotopic (exact) mass is 351 g/mol. The van der Waals surface area contributed by atoms with Gasteiger partial charge >= 0.3 is 0 Å². The van der Waals surface area contributed by atoms with E-state index in [0.717, 1.165) is 15.2 Å². The molecule has 1 aromatic rings. The van der Waals surface area contributed by atoms with Gasteiger partial charge in [-0.1, -0.05) is 47.1 Å². The Morgan fingerprint density at radius 3 is 2.70 bits per heavy atom. The minimum absolute atomic E-state index is 0.383. The summed E-state index contributed by atoms with van der Waals surface area (Å²) in [5.74, 6) is 1.09. The molecule has 108 valence electrons. The van der Waals surface area contributed by atoms with E-state index in [1.165, 1.54) is 24.8 Å². The first-order valence-electron chi connectivity index (χ1n) is 7.08. The molecule has 1 fully saturated rings. The van der Waals surface area contributed by atoms with Crippen molar-refractivity contribution in [1.29, 1.82) is 0 Å². The minimum Gasteiger partial charge on any atom is -0.343 e. The van der Waals surface area contributed by atoms with E-state index in [2.05, 4.69) is 64.3 Å². The molecule has 1 nitrogen and oxygen atoms in total. The van der Waals surface area contributed by atoms with E-state index >= 15 is 0 Å². The van der Waals surface area contributed by atoms with Gasteiger partial charge in [0, 0.05) is 23.1 Å². The molecule has 0 N–H and O–H groups in total. The van der Waals surface area contributed by atoms with Gasteiger partial charge in [0.1, 0.15) is 0 Å². The highest BCUT2D eigenvalue weighted by Crippen LogP contribution is 2.44. The Hall–Kier alpha value is -0.670. The zero-order valence-corrected chi connectivity index (χ0v) is 14.6. The molecule has 0 saturated heterocycles. The number of hydrogen-bond donors (Lipinski definition) is 1. The predicted octanol–water partition coefficient (Wildman–Crippen LogP) is 5.57. The fourth-order valence-corrected chi connectivity index (χ4v) is 3.30. The van der Waals surface area contributed by atoms with Crippen LogP contribution in [0.4, 0.5) is 0 Å². The van der Waals surface area contributed by atoms with Crippen molar-refractivity contribution >= 4 is 28.6 Å². The van der Waals surface area contributed by atoms with Crippen molar-refractivity contribution in [2.24, 2.45) is 5.92 Å². The maximum atomic E-state index is 4.52. The third-order valence-electron chi connectivity index (χ3n) is 4.22. The van der Waals surface area contributed by atoms with Crippen molar-refractivity contribution in [1.82, 2.24) is 4.90 Å². The van der Waals surface area contributed by atoms with Crippen LogP contribution in [-0.4, -0.2) is 11.9 Å². The summed E-state index contributed by atoms with van der Waals surface area (Å²) in [6.45, 7) is 6.36. The second-order valence-corrected chi connectivity index (χ2v) is 6.79. The van der Waals surface area contributed by atoms with Gasteiger partial charge in [0.15, 0.2) is 0 Å². The summed E-state index contributed by atoms with van der Waals surface area (Å²) in [6, 6.07) is 8.61. The maximum Gasteiger partial charge on any atom is 0.0672 e. The number of halogens is 1. The van der Waals surface area contributed by atoms with Gasteiger partial charge in [-0.2, -0.15) is 0 Å². The molecule has 1 unspecified atom stereocenters. The largest absolute Gasteiger partial charge is 0.343 e. The van der Waals surface area contributed by atoms with Crippen LogP contribution in [0.5, 0.6) is 0 Å². The van der Waals surface area contributed by atoms with Crippen molar-refractivity contribution in [2.75, 3.05) is 7.05 Å². The van der Waals surface area contributed by atoms with Gasteiger partial charge in [-0.3, -0.25) is 0 Å². The van der Waals surface area contributed by atoms with Crippen LogP contribution in [0.25, 0.3) is 0 Å². The molecule has 1 saturated carbocycles. The summed E-state index contributed by atoms with van der Waals surface area (Å²) in [4.78, 5) is 2.10. The molecule has 20 heavy (non-hydrogen) atoms. The Morgan fingerprint density at radius 2 is 2.20 bits per heavy atom. The van der Waals surface area contributed by atoms with Crippen molar-refractivity contribution in [2.45, 2.75) is 32.1 Å². The van der Waals surface area contributed by atoms with E-state index in [4.69, 9.17) is 0 Å². The summed E-state index contributed by atoms with van der Waals surface area (Å²) < 4.78 is 1.13. The molecule has 0 aromatic heterocycles. The zero-order chi connectivity index (χ0) is 14.7. The van der Waals surface area contributed by atoms with Crippen LogP contribution in [0.1, 0.15) is 37.7 Å². The summed E-state index contributed by atoms with van der Waals surface area (Å²) in [5.41, 5.74) is 2.48. The standard InChI is InChI=1S/C17H22BrNS/c1-4-16(20)19(3)12(2)17(13-7-5-8-13)14-9-6-10-15(18)11-14/h4,6,9-11,13,17,20H,2,5,7-8H2,1,3H3/b16-4+. The van der Waals surface area contributed by atoms with Gasteiger partial charge in [0.05, 0.1) is 5.03 Å². The van der Waals surface area contributed by atoms with Crippen molar-refractivity contribution in [3.05, 3.63) is 57.7 Å². The van der Waals surface area contributed by atoms with E-state index in [9.17, 15) is 0 Å². The van der Waals surface area contributed by atoms with Gasteiger partial charge in [0.2, 0.25) is 0 Å². The molecule has 3 heteroatoms. The molecule has 0 bridgehead atoms. The fourth-order valence-electron chi connectivity index (χ4n) is 2.76. The van der Waals surface area contributed by atoms with Crippen LogP contribution in [0.3, 0.4) is 0 Å². The summed E-state index contributed by atoms with van der Waals surface area (Å²) in [5, 5.41) is 0.953. The number of benzene rings is 1. The highest BCUT2D eigenvalue weighted by Gasteiger charge is 2.32. The van der Waals surface area contributed by atoms with Gasteiger partial charge in [0.25, 0.3) is 0 Å². The SMILES string of the molecule is C=C(C(c1cccc(Br)c1)C1CCC1)N(C)/C(S)=C\C. The second-order valence-electron chi connectivity index (χ2n) is 5.42. The van der Waals surface area contributed by atoms with Crippen LogP contribution in [-0.2, 0) is 0 Å². The predicted molar refractivity (Wildman–Crippen MR) is 93.9 cm³/mol. The fraction of sp³-hybridized carbons (Fsp3) is 0.412. The van der Waals surface area contributed by atoms with E-state index in [-0.39, 0.29) is 0 Å². The van der Waals surface area contributed by atoms with Crippen LogP contribution < -0.4 is 0 Å². The Labute approximate surface area is 136 Å². The molecule has 1 atom stereocenters. The highest BCUT2D eigenvalue weighted by molar-refractivity contribution is 9.10. The molecule has 2 rings (SSSR count). The smallest absolute Gasteiger partial charge is 0.0672 e. The third-order valence-corrected chi connectivity index (χ3v) is 5.27. The van der Waals surface area contributed by atoms with Crippen LogP contribution in [0.15, 0.2) is 52.1 Å². The molecule has 1 aliphatic rings. The first-order valence-corrected chi connectivity index (χ1v) is 8.32. The molecule has 0 radical (unpaired) electrons. The summed E-state index contributed by atoms with van der Waals surface area (Å²) >= 11 is 8.10. The van der Waals surface area contributed by atoms with Crippen molar-refractivity contribution in [3.8, 4) is 0 Å². The first-order chi connectivity index (χ1) is 9.54. The van der Waals surface area contributed by atoms with Gasteiger partial charge < -0.3 is 4.90 Å². The lowest BCUT2D eigenvalue weighted by molar-refractivity contribution is 0.260. The molecule has 0 amide bonds.